The Kier molecular flexibility index (Phi) is 2.74. The molecule has 0 bridgehead atoms. The molecule has 0 nitrogen and oxygen atoms in total. The van der Waals surface area contributed by atoms with Crippen molar-refractivity contribution in [1.29, 1.82) is 0 Å². The number of fused-ring (bicyclic) bond motifs is 1. The topological polar surface area (TPSA) is 0 Å². The molecule has 1 heterocycles. The van der Waals surface area contributed by atoms with Gasteiger partial charge in [0, 0.05) is 10.3 Å². The van der Waals surface area contributed by atoms with E-state index >= 15 is 0 Å². The van der Waals surface area contributed by atoms with Gasteiger partial charge in [0.15, 0.2) is 0 Å². The summed E-state index contributed by atoms with van der Waals surface area (Å²) < 4.78 is 27.2. The molecule has 0 fully saturated rings. The van der Waals surface area contributed by atoms with Crippen molar-refractivity contribution in [3.05, 3.63) is 32.2 Å². The number of thiophene rings is 1. The van der Waals surface area contributed by atoms with Gasteiger partial charge in [-0.1, -0.05) is 6.07 Å². The summed E-state index contributed by atoms with van der Waals surface area (Å²) >= 11 is 3.75. The standard InChI is InChI=1S/C10H7F2IS/c1-5-2-6-3-9(13)14-8(6)4-7(5)10(11)12/h2-4,10H,1H3. The van der Waals surface area contributed by atoms with E-state index in [1.165, 1.54) is 0 Å². The van der Waals surface area contributed by atoms with Gasteiger partial charge in [-0.3, -0.25) is 0 Å². The molecule has 0 saturated carbocycles. The first-order valence-corrected chi connectivity index (χ1v) is 5.95. The first-order valence-electron chi connectivity index (χ1n) is 4.05. The second-order valence-electron chi connectivity index (χ2n) is 3.10. The highest BCUT2D eigenvalue weighted by atomic mass is 127. The second-order valence-corrected chi connectivity index (χ2v) is 6.08. The van der Waals surface area contributed by atoms with Crippen molar-refractivity contribution < 1.29 is 8.78 Å². The van der Waals surface area contributed by atoms with Crippen LogP contribution in [0, 0.1) is 9.81 Å². The maximum Gasteiger partial charge on any atom is 0.264 e. The van der Waals surface area contributed by atoms with Gasteiger partial charge < -0.3 is 0 Å². The predicted octanol–water partition coefficient (Wildman–Crippen LogP) is 4.75. The fourth-order valence-electron chi connectivity index (χ4n) is 1.42. The van der Waals surface area contributed by atoms with Crippen LogP contribution in [0.5, 0.6) is 0 Å². The van der Waals surface area contributed by atoms with Gasteiger partial charge in [0.1, 0.15) is 0 Å². The van der Waals surface area contributed by atoms with Crippen LogP contribution in [-0.2, 0) is 0 Å². The molecule has 0 aliphatic carbocycles. The molecule has 0 aliphatic heterocycles. The fourth-order valence-corrected chi connectivity index (χ4v) is 3.28. The molecule has 14 heavy (non-hydrogen) atoms. The van der Waals surface area contributed by atoms with Crippen LogP contribution in [0.4, 0.5) is 8.78 Å². The van der Waals surface area contributed by atoms with E-state index in [-0.39, 0.29) is 5.56 Å². The zero-order chi connectivity index (χ0) is 10.3. The molecule has 0 saturated heterocycles. The lowest BCUT2D eigenvalue weighted by Gasteiger charge is -2.03. The Labute approximate surface area is 98.1 Å². The molecule has 0 atom stereocenters. The minimum Gasteiger partial charge on any atom is -0.205 e. The van der Waals surface area contributed by atoms with Crippen molar-refractivity contribution in [1.82, 2.24) is 0 Å². The molecule has 0 amide bonds. The molecule has 0 aliphatic rings. The molecule has 74 valence electrons. The summed E-state index contributed by atoms with van der Waals surface area (Å²) in [7, 11) is 0. The SMILES string of the molecule is Cc1cc2cc(I)sc2cc1C(F)F. The van der Waals surface area contributed by atoms with Gasteiger partial charge in [-0.2, -0.15) is 0 Å². The van der Waals surface area contributed by atoms with E-state index in [0.29, 0.717) is 5.56 Å². The van der Waals surface area contributed by atoms with Gasteiger partial charge in [0.25, 0.3) is 6.43 Å². The van der Waals surface area contributed by atoms with E-state index in [2.05, 4.69) is 22.6 Å². The summed E-state index contributed by atoms with van der Waals surface area (Å²) in [5, 5.41) is 1.06. The predicted molar refractivity (Wildman–Crippen MR) is 64.2 cm³/mol. The number of rotatable bonds is 1. The lowest BCUT2D eigenvalue weighted by atomic mass is 10.1. The van der Waals surface area contributed by atoms with Crippen LogP contribution in [0.15, 0.2) is 18.2 Å². The molecule has 0 N–H and O–H groups in total. The van der Waals surface area contributed by atoms with Gasteiger partial charge in [-0.25, -0.2) is 8.78 Å². The van der Waals surface area contributed by atoms with Gasteiger partial charge >= 0.3 is 0 Å². The summed E-state index contributed by atoms with van der Waals surface area (Å²) in [5.74, 6) is 0. The Morgan fingerprint density at radius 2 is 2.00 bits per heavy atom. The number of hydrogen-bond acceptors (Lipinski definition) is 1. The normalized spacial score (nSPS) is 11.5. The molecule has 0 radical (unpaired) electrons. The summed E-state index contributed by atoms with van der Waals surface area (Å²) in [6, 6.07) is 5.44. The molecule has 2 rings (SSSR count). The minimum absolute atomic E-state index is 0.149. The average molecular weight is 324 g/mol. The molecule has 2 aromatic rings. The van der Waals surface area contributed by atoms with Crippen LogP contribution in [0.25, 0.3) is 10.1 Å². The highest BCUT2D eigenvalue weighted by Crippen LogP contribution is 2.32. The highest BCUT2D eigenvalue weighted by molar-refractivity contribution is 14.1. The third-order valence-corrected chi connectivity index (χ3v) is 3.97. The third kappa shape index (κ3) is 1.77. The Balaban J connectivity index is 2.70. The van der Waals surface area contributed by atoms with Crippen LogP contribution in [0.2, 0.25) is 0 Å². The van der Waals surface area contributed by atoms with Gasteiger partial charge in [0.05, 0.1) is 2.88 Å². The first-order chi connectivity index (χ1) is 6.58. The Bertz CT molecular complexity index is 476. The van der Waals surface area contributed by atoms with E-state index in [0.717, 1.165) is 13.0 Å². The Hall–Kier alpha value is -0.230. The molecular weight excluding hydrogens is 317 g/mol. The van der Waals surface area contributed by atoms with E-state index < -0.39 is 6.43 Å². The monoisotopic (exact) mass is 324 g/mol. The van der Waals surface area contributed by atoms with Crippen LogP contribution in [0.3, 0.4) is 0 Å². The number of alkyl halides is 2. The van der Waals surface area contributed by atoms with Crippen molar-refractivity contribution in [2.24, 2.45) is 0 Å². The van der Waals surface area contributed by atoms with Crippen molar-refractivity contribution >= 4 is 44.0 Å². The molecule has 1 aromatic heterocycles. The lowest BCUT2D eigenvalue weighted by Crippen LogP contribution is -1.87. The maximum atomic E-state index is 12.6. The zero-order valence-electron chi connectivity index (χ0n) is 7.35. The smallest absolute Gasteiger partial charge is 0.205 e. The average Bonchev–Trinajstić information content (AvgIpc) is 2.42. The minimum atomic E-state index is -2.38. The largest absolute Gasteiger partial charge is 0.264 e. The summed E-state index contributed by atoms with van der Waals surface area (Å²) in [5.41, 5.74) is 0.817. The number of halogens is 3. The highest BCUT2D eigenvalue weighted by Gasteiger charge is 2.12. The Morgan fingerprint density at radius 1 is 1.29 bits per heavy atom. The van der Waals surface area contributed by atoms with Crippen molar-refractivity contribution in [3.63, 3.8) is 0 Å². The zero-order valence-corrected chi connectivity index (χ0v) is 10.3. The number of benzene rings is 1. The summed E-state index contributed by atoms with van der Waals surface area (Å²) in [6.07, 6.45) is -2.38. The van der Waals surface area contributed by atoms with Crippen LogP contribution < -0.4 is 0 Å². The molecule has 0 spiro atoms. The van der Waals surface area contributed by atoms with Gasteiger partial charge in [0.2, 0.25) is 0 Å². The summed E-state index contributed by atoms with van der Waals surface area (Å²) in [6.45, 7) is 1.73. The molecule has 1 aromatic carbocycles. The number of hydrogen-bond donors (Lipinski definition) is 0. The van der Waals surface area contributed by atoms with E-state index in [1.54, 1.807) is 24.3 Å². The first kappa shape index (κ1) is 10.3. The van der Waals surface area contributed by atoms with Crippen molar-refractivity contribution in [2.75, 3.05) is 0 Å². The van der Waals surface area contributed by atoms with E-state index in [9.17, 15) is 8.78 Å². The molecule has 4 heteroatoms. The third-order valence-electron chi connectivity index (χ3n) is 2.11. The lowest BCUT2D eigenvalue weighted by molar-refractivity contribution is 0.151. The van der Waals surface area contributed by atoms with Crippen LogP contribution in [-0.4, -0.2) is 0 Å². The fraction of sp³-hybridized carbons (Fsp3) is 0.200. The molecule has 0 unspecified atom stereocenters. The number of aryl methyl sites for hydroxylation is 1. The van der Waals surface area contributed by atoms with E-state index in [1.807, 2.05) is 12.1 Å². The van der Waals surface area contributed by atoms with Gasteiger partial charge in [-0.15, -0.1) is 11.3 Å². The van der Waals surface area contributed by atoms with Crippen molar-refractivity contribution in [2.45, 2.75) is 13.3 Å². The summed E-state index contributed by atoms with van der Waals surface area (Å²) in [4.78, 5) is 0. The van der Waals surface area contributed by atoms with Crippen LogP contribution >= 0.6 is 33.9 Å². The van der Waals surface area contributed by atoms with E-state index in [4.69, 9.17) is 0 Å². The quantitative estimate of drug-likeness (QED) is 0.664. The van der Waals surface area contributed by atoms with Gasteiger partial charge in [-0.05, 0) is 52.6 Å². The van der Waals surface area contributed by atoms with Crippen molar-refractivity contribution in [3.8, 4) is 0 Å². The molecular formula is C10H7F2IS. The maximum absolute atomic E-state index is 12.6. The Morgan fingerprint density at radius 3 is 2.64 bits per heavy atom. The second kappa shape index (κ2) is 3.73. The van der Waals surface area contributed by atoms with Crippen LogP contribution in [0.1, 0.15) is 17.6 Å².